The van der Waals surface area contributed by atoms with Gasteiger partial charge in [-0.15, -0.1) is 0 Å². The highest BCUT2D eigenvalue weighted by Crippen LogP contribution is 2.01. The fraction of sp³-hybridized carbons (Fsp3) is 0.714. The van der Waals surface area contributed by atoms with E-state index in [9.17, 15) is 0 Å². The van der Waals surface area contributed by atoms with Gasteiger partial charge in [0, 0.05) is 6.54 Å². The molecule has 0 amide bonds. The summed E-state index contributed by atoms with van der Waals surface area (Å²) in [7, 11) is 0. The van der Waals surface area contributed by atoms with Crippen LogP contribution in [-0.2, 0) is 6.54 Å². The van der Waals surface area contributed by atoms with Crippen molar-refractivity contribution < 1.29 is 0 Å². The molecule has 4 heteroatoms. The number of nitrogens with one attached hydrogen (secondary N) is 1. The van der Waals surface area contributed by atoms with Crippen LogP contribution in [0.1, 0.15) is 20.3 Å². The highest BCUT2D eigenvalue weighted by Gasteiger charge is 1.96. The van der Waals surface area contributed by atoms with Crippen LogP contribution >= 0.6 is 12.2 Å². The molecular formula is C7H13N3S. The van der Waals surface area contributed by atoms with E-state index in [1.165, 1.54) is 0 Å². The van der Waals surface area contributed by atoms with Crippen molar-refractivity contribution in [2.75, 3.05) is 0 Å². The minimum atomic E-state index is 0.714. The van der Waals surface area contributed by atoms with Gasteiger partial charge in [-0.2, -0.15) is 5.10 Å². The Morgan fingerprint density at radius 3 is 2.91 bits per heavy atom. The van der Waals surface area contributed by atoms with Crippen molar-refractivity contribution in [2.45, 2.75) is 26.8 Å². The Bertz CT molecular complexity index is 261. The Morgan fingerprint density at radius 1 is 1.73 bits per heavy atom. The molecule has 0 bridgehead atoms. The van der Waals surface area contributed by atoms with Gasteiger partial charge in [0.1, 0.15) is 6.33 Å². The SMILES string of the molecule is CC(C)CCn1cn[nH]c1=S. The number of aromatic amines is 1. The van der Waals surface area contributed by atoms with E-state index in [0.29, 0.717) is 10.7 Å². The van der Waals surface area contributed by atoms with Gasteiger partial charge in [-0.3, -0.25) is 5.10 Å². The summed E-state index contributed by atoms with van der Waals surface area (Å²) in [4.78, 5) is 0. The van der Waals surface area contributed by atoms with Gasteiger partial charge in [-0.05, 0) is 24.6 Å². The van der Waals surface area contributed by atoms with Crippen molar-refractivity contribution >= 4 is 12.2 Å². The average Bonchev–Trinajstić information content (AvgIpc) is 2.31. The van der Waals surface area contributed by atoms with Gasteiger partial charge in [0.25, 0.3) is 0 Å². The van der Waals surface area contributed by atoms with Gasteiger partial charge in [0.05, 0.1) is 0 Å². The predicted octanol–water partition coefficient (Wildman–Crippen LogP) is 1.99. The second-order valence-corrected chi connectivity index (χ2v) is 3.42. The molecule has 0 saturated heterocycles. The maximum atomic E-state index is 4.98. The Kier molecular flexibility index (Phi) is 2.82. The lowest BCUT2D eigenvalue weighted by Gasteiger charge is -2.03. The highest BCUT2D eigenvalue weighted by atomic mass is 32.1. The summed E-state index contributed by atoms with van der Waals surface area (Å²) >= 11 is 4.98. The standard InChI is InChI=1S/C7H13N3S/c1-6(2)3-4-10-5-8-9-7(10)11/h5-6H,3-4H2,1-2H3,(H,9,11). The van der Waals surface area contributed by atoms with Gasteiger partial charge >= 0.3 is 0 Å². The van der Waals surface area contributed by atoms with Gasteiger partial charge in [-0.1, -0.05) is 13.8 Å². The molecule has 1 heterocycles. The normalized spacial score (nSPS) is 10.8. The molecule has 0 unspecified atom stereocenters. The number of aromatic nitrogens is 3. The summed E-state index contributed by atoms with van der Waals surface area (Å²) in [6, 6.07) is 0. The summed E-state index contributed by atoms with van der Waals surface area (Å²) in [5.74, 6) is 0.715. The molecule has 0 fully saturated rings. The zero-order chi connectivity index (χ0) is 8.27. The lowest BCUT2D eigenvalue weighted by Crippen LogP contribution is -1.99. The van der Waals surface area contributed by atoms with Crippen LogP contribution in [0.2, 0.25) is 0 Å². The summed E-state index contributed by atoms with van der Waals surface area (Å²) in [6.45, 7) is 5.36. The van der Waals surface area contributed by atoms with Gasteiger partial charge in [0.15, 0.2) is 4.77 Å². The maximum Gasteiger partial charge on any atom is 0.194 e. The summed E-state index contributed by atoms with van der Waals surface area (Å²) < 4.78 is 2.67. The molecule has 1 aromatic heterocycles. The van der Waals surface area contributed by atoms with Gasteiger partial charge in [0.2, 0.25) is 0 Å². The van der Waals surface area contributed by atoms with E-state index >= 15 is 0 Å². The first-order valence-corrected chi connectivity index (χ1v) is 4.21. The molecule has 0 saturated carbocycles. The molecule has 0 atom stereocenters. The van der Waals surface area contributed by atoms with E-state index in [1.807, 2.05) is 4.57 Å². The van der Waals surface area contributed by atoms with Crippen LogP contribution in [0.4, 0.5) is 0 Å². The van der Waals surface area contributed by atoms with E-state index in [4.69, 9.17) is 12.2 Å². The molecule has 0 aliphatic rings. The molecule has 0 aromatic carbocycles. The van der Waals surface area contributed by atoms with Crippen molar-refractivity contribution in [3.8, 4) is 0 Å². The fourth-order valence-corrected chi connectivity index (χ4v) is 1.02. The molecule has 3 nitrogen and oxygen atoms in total. The zero-order valence-electron chi connectivity index (χ0n) is 6.87. The minimum absolute atomic E-state index is 0.714. The van der Waals surface area contributed by atoms with Crippen LogP contribution in [0.5, 0.6) is 0 Å². The third-order valence-corrected chi connectivity index (χ3v) is 1.89. The molecule has 0 spiro atoms. The van der Waals surface area contributed by atoms with E-state index in [-0.39, 0.29) is 0 Å². The Hall–Kier alpha value is -0.640. The number of H-pyrrole nitrogens is 1. The predicted molar refractivity (Wildman–Crippen MR) is 46.9 cm³/mol. The lowest BCUT2D eigenvalue weighted by atomic mass is 10.1. The van der Waals surface area contributed by atoms with Crippen LogP contribution in [0, 0.1) is 10.7 Å². The smallest absolute Gasteiger partial charge is 0.194 e. The van der Waals surface area contributed by atoms with Crippen LogP contribution in [0.25, 0.3) is 0 Å². The number of hydrogen-bond donors (Lipinski definition) is 1. The molecule has 62 valence electrons. The molecule has 0 aliphatic heterocycles. The topological polar surface area (TPSA) is 33.6 Å². The van der Waals surface area contributed by atoms with E-state index in [2.05, 4.69) is 24.0 Å². The number of rotatable bonds is 3. The minimum Gasteiger partial charge on any atom is -0.307 e. The Balaban J connectivity index is 2.51. The molecular weight excluding hydrogens is 158 g/mol. The first kappa shape index (κ1) is 8.46. The molecule has 1 N–H and O–H groups in total. The van der Waals surface area contributed by atoms with Crippen LogP contribution in [0.15, 0.2) is 6.33 Å². The third-order valence-electron chi connectivity index (χ3n) is 1.57. The van der Waals surface area contributed by atoms with E-state index in [1.54, 1.807) is 6.33 Å². The average molecular weight is 171 g/mol. The summed E-state index contributed by atoms with van der Waals surface area (Å²) in [5, 5.41) is 6.55. The monoisotopic (exact) mass is 171 g/mol. The van der Waals surface area contributed by atoms with Crippen molar-refractivity contribution in [3.63, 3.8) is 0 Å². The Morgan fingerprint density at radius 2 is 2.45 bits per heavy atom. The van der Waals surface area contributed by atoms with Crippen LogP contribution in [-0.4, -0.2) is 14.8 Å². The molecule has 1 rings (SSSR count). The van der Waals surface area contributed by atoms with E-state index < -0.39 is 0 Å². The quantitative estimate of drug-likeness (QED) is 0.705. The lowest BCUT2D eigenvalue weighted by molar-refractivity contribution is 0.512. The van der Waals surface area contributed by atoms with Crippen LogP contribution < -0.4 is 0 Å². The molecule has 11 heavy (non-hydrogen) atoms. The highest BCUT2D eigenvalue weighted by molar-refractivity contribution is 7.71. The second kappa shape index (κ2) is 3.67. The Labute approximate surface area is 71.4 Å². The van der Waals surface area contributed by atoms with Gasteiger partial charge < -0.3 is 4.57 Å². The number of nitrogens with zero attached hydrogens (tertiary/aromatic N) is 2. The number of hydrogen-bond acceptors (Lipinski definition) is 2. The fourth-order valence-electron chi connectivity index (χ4n) is 0.827. The molecule has 1 aromatic rings. The van der Waals surface area contributed by atoms with Crippen LogP contribution in [0.3, 0.4) is 0 Å². The maximum absolute atomic E-state index is 4.98. The molecule has 0 aliphatic carbocycles. The largest absolute Gasteiger partial charge is 0.307 e. The zero-order valence-corrected chi connectivity index (χ0v) is 7.69. The van der Waals surface area contributed by atoms with Crippen molar-refractivity contribution in [2.24, 2.45) is 5.92 Å². The van der Waals surface area contributed by atoms with E-state index in [0.717, 1.165) is 13.0 Å². The first-order valence-electron chi connectivity index (χ1n) is 3.80. The third kappa shape index (κ3) is 2.46. The summed E-state index contributed by atoms with van der Waals surface area (Å²) in [6.07, 6.45) is 2.89. The van der Waals surface area contributed by atoms with Crippen molar-refractivity contribution in [1.29, 1.82) is 0 Å². The summed E-state index contributed by atoms with van der Waals surface area (Å²) in [5.41, 5.74) is 0. The van der Waals surface area contributed by atoms with Crippen molar-refractivity contribution in [3.05, 3.63) is 11.1 Å². The van der Waals surface area contributed by atoms with Gasteiger partial charge in [-0.25, -0.2) is 0 Å². The molecule has 0 radical (unpaired) electrons. The van der Waals surface area contributed by atoms with Crippen molar-refractivity contribution in [1.82, 2.24) is 14.8 Å². The second-order valence-electron chi connectivity index (χ2n) is 3.04. The number of aryl methyl sites for hydroxylation is 1. The first-order chi connectivity index (χ1) is 5.20.